The van der Waals surface area contributed by atoms with Crippen LogP contribution in [0, 0.1) is 34.5 Å². The molecule has 8 rings (SSSR count). The van der Waals surface area contributed by atoms with E-state index in [1.54, 1.807) is 0 Å². The van der Waals surface area contributed by atoms with Gasteiger partial charge in [-0.25, -0.2) is 4.79 Å². The minimum Gasteiger partial charge on any atom is -0.481 e. The number of allylic oxidation sites excluding steroid dienone is 3. The van der Waals surface area contributed by atoms with E-state index in [-0.39, 0.29) is 34.7 Å². The Bertz CT molecular complexity index is 1430. The average Bonchev–Trinajstić information content (AvgIpc) is 3.72. The second-order valence-corrected chi connectivity index (χ2v) is 14.2. The second-order valence-electron chi connectivity index (χ2n) is 14.2. The van der Waals surface area contributed by atoms with Crippen molar-refractivity contribution >= 4 is 29.3 Å². The largest absolute Gasteiger partial charge is 0.481 e. The zero-order chi connectivity index (χ0) is 30.8. The summed E-state index contributed by atoms with van der Waals surface area (Å²) in [4.78, 5) is 43.7. The molecule has 10 heteroatoms. The van der Waals surface area contributed by atoms with Gasteiger partial charge in [0.05, 0.1) is 17.3 Å². The lowest BCUT2D eigenvalue weighted by Gasteiger charge is -2.59. The Morgan fingerprint density at radius 2 is 1.55 bits per heavy atom. The van der Waals surface area contributed by atoms with Gasteiger partial charge in [-0.05, 0) is 105 Å². The number of para-hydroxylation sites is 2. The van der Waals surface area contributed by atoms with Crippen LogP contribution in [0.2, 0.25) is 0 Å². The Morgan fingerprint density at radius 3 is 2.14 bits per heavy atom. The molecule has 1 spiro atoms. The van der Waals surface area contributed by atoms with E-state index in [0.717, 1.165) is 81.5 Å². The summed E-state index contributed by atoms with van der Waals surface area (Å²) in [6.07, 6.45) is 12.8. The summed E-state index contributed by atoms with van der Waals surface area (Å²) < 4.78 is 0. The molecule has 3 amide bonds. The standard InChI is InChI=1S/C34H44N6O4/c1-2-24(38-11-9-33(10-12-38)20-25(33)30(41)42)7-8-28(35)39-13-14-40(27-6-4-3-5-26(27)39)32(44)37-29-22-15-21-16-23(29)19-34(17-21,18-22)31(36)43/h2-8,21-23,25,29H,1,9-20,35H2,(H2,36,43)(H,37,44)(H,41,42)/b24-7+,28-8+/t21?,22?,23?,25?,29-,34+. The molecule has 0 radical (unpaired) electrons. The number of benzene rings is 1. The Labute approximate surface area is 258 Å². The lowest BCUT2D eigenvalue weighted by molar-refractivity contribution is -0.145. The number of urea groups is 1. The van der Waals surface area contributed by atoms with Crippen molar-refractivity contribution in [1.82, 2.24) is 10.2 Å². The summed E-state index contributed by atoms with van der Waals surface area (Å²) in [5.74, 6) is 0.687. The van der Waals surface area contributed by atoms with Crippen molar-refractivity contribution in [3.05, 3.63) is 60.6 Å². The molecular formula is C34H44N6O4. The van der Waals surface area contributed by atoms with Crippen LogP contribution in [0.25, 0.3) is 0 Å². The highest BCUT2D eigenvalue weighted by molar-refractivity contribution is 5.97. The lowest BCUT2D eigenvalue weighted by Crippen LogP contribution is -2.63. The Balaban J connectivity index is 1.03. The number of hydrogen-bond donors (Lipinski definition) is 4. The number of amides is 3. The van der Waals surface area contributed by atoms with Crippen molar-refractivity contribution < 1.29 is 19.5 Å². The van der Waals surface area contributed by atoms with Gasteiger partial charge in [-0.2, -0.15) is 0 Å². The SMILES string of the molecule is C=C/C(=C\C=C(/N)N1CCN(C(=O)N[C@H]2C3CC4CC2C[C@@](C(N)=O)(C4)C3)c2ccccc21)N1CCC2(CC1)CC2C(=O)O. The normalized spacial score (nSPS) is 33.6. The molecule has 3 atom stereocenters. The summed E-state index contributed by atoms with van der Waals surface area (Å²) in [6, 6.07) is 7.83. The van der Waals surface area contributed by atoms with E-state index in [9.17, 15) is 19.5 Å². The van der Waals surface area contributed by atoms with Crippen LogP contribution < -0.4 is 26.6 Å². The van der Waals surface area contributed by atoms with E-state index in [4.69, 9.17) is 11.5 Å². The van der Waals surface area contributed by atoms with Crippen LogP contribution in [0.15, 0.2) is 60.6 Å². The molecule has 10 nitrogen and oxygen atoms in total. The second kappa shape index (κ2) is 10.6. The molecular weight excluding hydrogens is 556 g/mol. The van der Waals surface area contributed by atoms with E-state index >= 15 is 0 Å². The van der Waals surface area contributed by atoms with Crippen LogP contribution in [-0.4, -0.2) is 60.1 Å². The molecule has 6 N–H and O–H groups in total. The number of carboxylic acids is 1. The first kappa shape index (κ1) is 28.8. The van der Waals surface area contributed by atoms with Gasteiger partial charge >= 0.3 is 12.0 Å². The van der Waals surface area contributed by atoms with Gasteiger partial charge in [0.2, 0.25) is 5.91 Å². The number of nitrogens with two attached hydrogens (primary N) is 2. The molecule has 3 unspecified atom stereocenters. The van der Waals surface area contributed by atoms with Crippen molar-refractivity contribution in [2.75, 3.05) is 36.0 Å². The predicted molar refractivity (Wildman–Crippen MR) is 168 cm³/mol. The number of nitrogens with one attached hydrogen (secondary N) is 1. The number of rotatable bonds is 7. The number of fused-ring (bicyclic) bond motifs is 1. The molecule has 6 fully saturated rings. The van der Waals surface area contributed by atoms with Crippen molar-refractivity contribution in [3.63, 3.8) is 0 Å². The summed E-state index contributed by atoms with van der Waals surface area (Å²) in [6.45, 7) is 6.67. The van der Waals surface area contributed by atoms with Crippen LogP contribution in [-0.2, 0) is 9.59 Å². The van der Waals surface area contributed by atoms with Crippen LogP contribution in [0.5, 0.6) is 0 Å². The first-order chi connectivity index (χ1) is 21.1. The number of primary amides is 1. The predicted octanol–water partition coefficient (Wildman–Crippen LogP) is 3.76. The highest BCUT2D eigenvalue weighted by Crippen LogP contribution is 2.60. The summed E-state index contributed by atoms with van der Waals surface area (Å²) in [5.41, 5.74) is 14.8. The van der Waals surface area contributed by atoms with Gasteiger partial charge in [-0.1, -0.05) is 18.7 Å². The zero-order valence-electron chi connectivity index (χ0n) is 25.3. The molecule has 1 aromatic rings. The van der Waals surface area contributed by atoms with Gasteiger partial charge in [0.1, 0.15) is 5.82 Å². The van der Waals surface area contributed by atoms with Crippen molar-refractivity contribution in [3.8, 4) is 0 Å². The molecule has 234 valence electrons. The highest BCUT2D eigenvalue weighted by Gasteiger charge is 2.59. The van der Waals surface area contributed by atoms with Gasteiger partial charge in [-0.3, -0.25) is 14.5 Å². The van der Waals surface area contributed by atoms with E-state index in [1.807, 2.05) is 52.3 Å². The Hall–Kier alpha value is -3.95. The minimum atomic E-state index is -0.669. The molecule has 1 saturated heterocycles. The molecule has 0 aromatic heterocycles. The van der Waals surface area contributed by atoms with Gasteiger partial charge in [0, 0.05) is 43.3 Å². The number of likely N-dealkylation sites (tertiary alicyclic amines) is 1. The first-order valence-electron chi connectivity index (χ1n) is 16.2. The van der Waals surface area contributed by atoms with Gasteiger partial charge in [-0.15, -0.1) is 0 Å². The van der Waals surface area contributed by atoms with E-state index in [0.29, 0.717) is 36.7 Å². The summed E-state index contributed by atoms with van der Waals surface area (Å²) in [7, 11) is 0. The van der Waals surface area contributed by atoms with E-state index in [1.165, 1.54) is 0 Å². The first-order valence-corrected chi connectivity index (χ1v) is 16.2. The third-order valence-electron chi connectivity index (χ3n) is 11.9. The Morgan fingerprint density at radius 1 is 0.909 bits per heavy atom. The molecule has 5 saturated carbocycles. The van der Waals surface area contributed by atoms with E-state index < -0.39 is 5.97 Å². The number of carbonyl (C=O) groups is 3. The average molecular weight is 601 g/mol. The monoisotopic (exact) mass is 600 g/mol. The topological polar surface area (TPSA) is 145 Å². The maximum Gasteiger partial charge on any atom is 0.322 e. The van der Waals surface area contributed by atoms with Crippen LogP contribution >= 0.6 is 0 Å². The van der Waals surface area contributed by atoms with Crippen LogP contribution in [0.3, 0.4) is 0 Å². The number of carboxylic acid groups (broad SMARTS) is 1. The number of anilines is 2. The van der Waals surface area contributed by atoms with Crippen molar-refractivity contribution in [2.24, 2.45) is 46.0 Å². The number of aliphatic carboxylic acids is 1. The van der Waals surface area contributed by atoms with Crippen molar-refractivity contribution in [1.29, 1.82) is 0 Å². The smallest absolute Gasteiger partial charge is 0.322 e. The molecule has 4 bridgehead atoms. The minimum absolute atomic E-state index is 0.0268. The number of hydrogen-bond acceptors (Lipinski definition) is 6. The lowest BCUT2D eigenvalue weighted by atomic mass is 9.47. The third-order valence-corrected chi connectivity index (χ3v) is 11.9. The third kappa shape index (κ3) is 4.73. The molecule has 5 aliphatic carbocycles. The summed E-state index contributed by atoms with van der Waals surface area (Å²) in [5, 5.41) is 12.8. The molecule has 2 aliphatic heterocycles. The highest BCUT2D eigenvalue weighted by atomic mass is 16.4. The summed E-state index contributed by atoms with van der Waals surface area (Å²) >= 11 is 0. The molecule has 44 heavy (non-hydrogen) atoms. The maximum absolute atomic E-state index is 13.8. The molecule has 7 aliphatic rings. The maximum atomic E-state index is 13.8. The fraction of sp³-hybridized carbons (Fsp3) is 0.559. The van der Waals surface area contributed by atoms with Crippen LogP contribution in [0.1, 0.15) is 51.4 Å². The molecule has 1 aromatic carbocycles. The van der Waals surface area contributed by atoms with Gasteiger partial charge in [0.25, 0.3) is 0 Å². The van der Waals surface area contributed by atoms with E-state index in [2.05, 4.69) is 16.8 Å². The Kier molecular flexibility index (Phi) is 6.93. The molecule has 2 heterocycles. The number of piperidine rings is 1. The number of carbonyl (C=O) groups excluding carboxylic acids is 2. The van der Waals surface area contributed by atoms with Crippen LogP contribution in [0.4, 0.5) is 16.2 Å². The van der Waals surface area contributed by atoms with Gasteiger partial charge in [0.15, 0.2) is 0 Å². The fourth-order valence-corrected chi connectivity index (χ4v) is 9.65. The number of nitrogens with zero attached hydrogens (tertiary/aromatic N) is 3. The van der Waals surface area contributed by atoms with Crippen molar-refractivity contribution in [2.45, 2.75) is 57.4 Å². The quantitative estimate of drug-likeness (QED) is 0.349. The van der Waals surface area contributed by atoms with Gasteiger partial charge < -0.3 is 31.7 Å². The zero-order valence-corrected chi connectivity index (χ0v) is 25.3. The fourth-order valence-electron chi connectivity index (χ4n) is 9.65.